The molecule has 0 aliphatic carbocycles. The first-order valence-corrected chi connectivity index (χ1v) is 11.7. The molecule has 7 nitrogen and oxygen atoms in total. The highest BCUT2D eigenvalue weighted by atomic mass is 35.5. The molecule has 3 aromatic rings. The summed E-state index contributed by atoms with van der Waals surface area (Å²) in [6.07, 6.45) is 1.47. The average Bonchev–Trinajstić information content (AvgIpc) is 2.85. The number of halogens is 2. The molecule has 9 heteroatoms. The molecule has 1 amide bonds. The molecule has 184 valence electrons. The third-order valence-electron chi connectivity index (χ3n) is 4.73. The third kappa shape index (κ3) is 7.28. The van der Waals surface area contributed by atoms with Crippen LogP contribution in [0.2, 0.25) is 10.0 Å². The van der Waals surface area contributed by atoms with Crippen LogP contribution in [-0.4, -0.2) is 32.4 Å². The summed E-state index contributed by atoms with van der Waals surface area (Å²) in [6, 6.07) is 15.7. The van der Waals surface area contributed by atoms with E-state index in [1.807, 2.05) is 26.0 Å². The molecule has 1 N–H and O–H groups in total. The molecule has 0 radical (unpaired) electrons. The van der Waals surface area contributed by atoms with Crippen LogP contribution in [0.5, 0.6) is 23.0 Å². The number of benzene rings is 3. The molecule has 0 saturated carbocycles. The Kier molecular flexibility index (Phi) is 9.64. The van der Waals surface area contributed by atoms with Gasteiger partial charge in [0, 0.05) is 10.6 Å². The van der Waals surface area contributed by atoms with Crippen LogP contribution in [-0.2, 0) is 6.61 Å². The van der Waals surface area contributed by atoms with Crippen molar-refractivity contribution in [3.8, 4) is 23.0 Å². The number of hydrogen-bond acceptors (Lipinski definition) is 6. The second-order valence-electron chi connectivity index (χ2n) is 7.18. The van der Waals surface area contributed by atoms with Crippen LogP contribution in [0.4, 0.5) is 0 Å². The van der Waals surface area contributed by atoms with E-state index in [4.69, 9.17) is 42.1 Å². The summed E-state index contributed by atoms with van der Waals surface area (Å²) in [4.78, 5) is 12.5. The number of nitrogens with zero attached hydrogens (tertiary/aromatic N) is 1. The number of carbonyl (C=O) groups excluding carboxylic acids is 1. The second kappa shape index (κ2) is 12.9. The molecule has 35 heavy (non-hydrogen) atoms. The van der Waals surface area contributed by atoms with E-state index < -0.39 is 5.91 Å². The number of rotatable bonds is 11. The van der Waals surface area contributed by atoms with Gasteiger partial charge in [0.15, 0.2) is 23.0 Å². The Bertz CT molecular complexity index is 1180. The van der Waals surface area contributed by atoms with Gasteiger partial charge in [-0.2, -0.15) is 5.10 Å². The van der Waals surface area contributed by atoms with E-state index in [0.29, 0.717) is 64.0 Å². The second-order valence-corrected chi connectivity index (χ2v) is 8.02. The quantitative estimate of drug-likeness (QED) is 0.244. The van der Waals surface area contributed by atoms with Crippen molar-refractivity contribution in [3.05, 3.63) is 81.3 Å². The van der Waals surface area contributed by atoms with E-state index in [0.717, 1.165) is 5.56 Å². The van der Waals surface area contributed by atoms with E-state index >= 15 is 0 Å². The molecule has 0 fully saturated rings. The number of amides is 1. The van der Waals surface area contributed by atoms with Gasteiger partial charge in [0.2, 0.25) is 0 Å². The molecule has 0 bridgehead atoms. The maximum atomic E-state index is 12.5. The summed E-state index contributed by atoms with van der Waals surface area (Å²) in [5, 5.41) is 5.05. The van der Waals surface area contributed by atoms with Crippen molar-refractivity contribution >= 4 is 35.3 Å². The van der Waals surface area contributed by atoms with Crippen LogP contribution in [0.15, 0.2) is 59.7 Å². The first-order chi connectivity index (χ1) is 16.9. The Balaban J connectivity index is 1.71. The first-order valence-electron chi connectivity index (χ1n) is 10.9. The predicted octanol–water partition coefficient (Wildman–Crippen LogP) is 6.14. The molecule has 3 aromatic carbocycles. The molecular formula is C26H26Cl2N2O5. The van der Waals surface area contributed by atoms with E-state index in [-0.39, 0.29) is 0 Å². The summed E-state index contributed by atoms with van der Waals surface area (Å²) < 4.78 is 22.4. The molecule has 0 atom stereocenters. The molecule has 0 aliphatic heterocycles. The minimum atomic E-state index is -0.399. The average molecular weight is 517 g/mol. The summed E-state index contributed by atoms with van der Waals surface area (Å²) in [7, 11) is 1.54. The number of ether oxygens (including phenoxy) is 4. The Morgan fingerprint density at radius 1 is 0.914 bits per heavy atom. The van der Waals surface area contributed by atoms with Crippen LogP contribution in [0, 0.1) is 0 Å². The van der Waals surface area contributed by atoms with Gasteiger partial charge in [-0.25, -0.2) is 5.43 Å². The summed E-state index contributed by atoms with van der Waals surface area (Å²) >= 11 is 12.4. The number of carbonyl (C=O) groups is 1. The molecule has 0 unspecified atom stereocenters. The van der Waals surface area contributed by atoms with E-state index in [2.05, 4.69) is 10.5 Å². The molecule has 3 rings (SSSR count). The minimum absolute atomic E-state index is 0.298. The van der Waals surface area contributed by atoms with Gasteiger partial charge in [0.05, 0.1) is 31.6 Å². The van der Waals surface area contributed by atoms with Crippen molar-refractivity contribution in [2.45, 2.75) is 20.5 Å². The van der Waals surface area contributed by atoms with E-state index in [1.165, 1.54) is 13.3 Å². The Morgan fingerprint density at radius 3 is 2.31 bits per heavy atom. The maximum Gasteiger partial charge on any atom is 0.271 e. The fraction of sp³-hybridized carbons (Fsp3) is 0.231. The van der Waals surface area contributed by atoms with Crippen molar-refractivity contribution in [1.82, 2.24) is 5.43 Å². The van der Waals surface area contributed by atoms with Crippen molar-refractivity contribution in [3.63, 3.8) is 0 Å². The zero-order valence-electron chi connectivity index (χ0n) is 19.6. The fourth-order valence-corrected chi connectivity index (χ4v) is 3.52. The lowest BCUT2D eigenvalue weighted by molar-refractivity contribution is 0.0954. The van der Waals surface area contributed by atoms with Gasteiger partial charge >= 0.3 is 0 Å². The topological polar surface area (TPSA) is 78.4 Å². The Hall–Kier alpha value is -3.42. The van der Waals surface area contributed by atoms with Crippen molar-refractivity contribution < 1.29 is 23.7 Å². The lowest BCUT2D eigenvalue weighted by Crippen LogP contribution is -2.17. The largest absolute Gasteiger partial charge is 0.493 e. The van der Waals surface area contributed by atoms with E-state index in [1.54, 1.807) is 42.5 Å². The lowest BCUT2D eigenvalue weighted by Gasteiger charge is -2.14. The van der Waals surface area contributed by atoms with Gasteiger partial charge in [-0.3, -0.25) is 4.79 Å². The maximum absolute atomic E-state index is 12.5. The van der Waals surface area contributed by atoms with Crippen LogP contribution in [0.3, 0.4) is 0 Å². The predicted molar refractivity (Wildman–Crippen MR) is 138 cm³/mol. The number of hydrogen-bond donors (Lipinski definition) is 1. The van der Waals surface area contributed by atoms with Gasteiger partial charge in [0.25, 0.3) is 5.91 Å². The van der Waals surface area contributed by atoms with Gasteiger partial charge in [-0.05, 0) is 67.4 Å². The van der Waals surface area contributed by atoms with Gasteiger partial charge in [-0.15, -0.1) is 0 Å². The lowest BCUT2D eigenvalue weighted by atomic mass is 10.2. The minimum Gasteiger partial charge on any atom is -0.493 e. The molecule has 0 spiro atoms. The molecule has 0 saturated heterocycles. The first kappa shape index (κ1) is 26.2. The molecule has 0 aromatic heterocycles. The molecule has 0 aliphatic rings. The van der Waals surface area contributed by atoms with E-state index in [9.17, 15) is 4.79 Å². The zero-order valence-corrected chi connectivity index (χ0v) is 21.2. The van der Waals surface area contributed by atoms with Gasteiger partial charge < -0.3 is 18.9 Å². The van der Waals surface area contributed by atoms with Crippen LogP contribution in [0.1, 0.15) is 35.3 Å². The molecular weight excluding hydrogens is 491 g/mol. The van der Waals surface area contributed by atoms with Gasteiger partial charge in [-0.1, -0.05) is 35.3 Å². The molecule has 0 heterocycles. The number of hydrazone groups is 1. The van der Waals surface area contributed by atoms with Crippen molar-refractivity contribution in [1.29, 1.82) is 0 Å². The smallest absolute Gasteiger partial charge is 0.271 e. The monoisotopic (exact) mass is 516 g/mol. The van der Waals surface area contributed by atoms with Crippen LogP contribution in [0.25, 0.3) is 0 Å². The number of nitrogens with one attached hydrogen (secondary N) is 1. The van der Waals surface area contributed by atoms with Gasteiger partial charge in [0.1, 0.15) is 6.61 Å². The highest BCUT2D eigenvalue weighted by Crippen LogP contribution is 2.37. The SMILES string of the molecule is CCOc1cc(C(=O)N/N=C/c2cc(Cl)c(OCc3ccc(Cl)cc3)c(OCC)c2)ccc1OC. The Morgan fingerprint density at radius 2 is 1.63 bits per heavy atom. The van der Waals surface area contributed by atoms with Crippen LogP contribution < -0.4 is 24.4 Å². The summed E-state index contributed by atoms with van der Waals surface area (Å²) in [6.45, 7) is 4.88. The Labute approximate surface area is 214 Å². The summed E-state index contributed by atoms with van der Waals surface area (Å²) in [5.41, 5.74) is 4.44. The standard InChI is InChI=1S/C26H26Cl2N2O5/c1-4-33-23-14-19(8-11-22(23)32-3)26(31)30-29-15-18-12-21(28)25(24(13-18)34-5-2)35-16-17-6-9-20(27)10-7-17/h6-15H,4-5,16H2,1-3H3,(H,30,31)/b29-15+. The number of methoxy groups -OCH3 is 1. The fourth-order valence-electron chi connectivity index (χ4n) is 3.12. The van der Waals surface area contributed by atoms with Crippen LogP contribution >= 0.6 is 23.2 Å². The highest BCUT2D eigenvalue weighted by Gasteiger charge is 2.14. The summed E-state index contributed by atoms with van der Waals surface area (Å²) in [5.74, 6) is 1.52. The third-order valence-corrected chi connectivity index (χ3v) is 5.27. The zero-order chi connectivity index (χ0) is 25.2. The van der Waals surface area contributed by atoms with Crippen molar-refractivity contribution in [2.75, 3.05) is 20.3 Å². The highest BCUT2D eigenvalue weighted by molar-refractivity contribution is 6.32. The van der Waals surface area contributed by atoms with Crippen molar-refractivity contribution in [2.24, 2.45) is 5.10 Å². The normalized spacial score (nSPS) is 10.8.